The summed E-state index contributed by atoms with van der Waals surface area (Å²) >= 11 is 6.07. The summed E-state index contributed by atoms with van der Waals surface area (Å²) in [6, 6.07) is 4.93. The van der Waals surface area contributed by atoms with E-state index in [0.717, 1.165) is 11.5 Å². The van der Waals surface area contributed by atoms with E-state index in [2.05, 4.69) is 44.9 Å². The van der Waals surface area contributed by atoms with Crippen molar-refractivity contribution in [1.82, 2.24) is 4.98 Å². The smallest absolute Gasteiger partial charge is 0.129 e. The molecular formula is C17H27ClN2. The topological polar surface area (TPSA) is 16.1 Å². The van der Waals surface area contributed by atoms with Gasteiger partial charge in [0.1, 0.15) is 5.82 Å². The third-order valence-electron chi connectivity index (χ3n) is 4.28. The lowest BCUT2D eigenvalue weighted by Crippen LogP contribution is -2.34. The summed E-state index contributed by atoms with van der Waals surface area (Å²) < 4.78 is 0. The first-order valence-electron chi connectivity index (χ1n) is 7.72. The molecule has 0 unspecified atom stereocenters. The number of halogens is 1. The molecule has 0 bridgehead atoms. The van der Waals surface area contributed by atoms with Gasteiger partial charge in [0.2, 0.25) is 0 Å². The summed E-state index contributed by atoms with van der Waals surface area (Å²) in [5.41, 5.74) is 2.36. The van der Waals surface area contributed by atoms with Crippen molar-refractivity contribution in [3.8, 4) is 0 Å². The van der Waals surface area contributed by atoms with E-state index in [1.54, 1.807) is 0 Å². The predicted octanol–water partition coefficient (Wildman–Crippen LogP) is 4.89. The van der Waals surface area contributed by atoms with Crippen LogP contribution in [-0.2, 0) is 11.3 Å². The molecule has 112 valence electrons. The number of rotatable bonds is 3. The Morgan fingerprint density at radius 3 is 2.40 bits per heavy atom. The van der Waals surface area contributed by atoms with Crippen LogP contribution in [0.25, 0.3) is 0 Å². The lowest BCUT2D eigenvalue weighted by molar-refractivity contribution is 0.425. The van der Waals surface area contributed by atoms with Crippen LogP contribution >= 0.6 is 11.6 Å². The molecule has 0 N–H and O–H groups in total. The molecule has 0 amide bonds. The lowest BCUT2D eigenvalue weighted by atomic mass is 9.90. The molecule has 1 aromatic heterocycles. The van der Waals surface area contributed by atoms with E-state index in [9.17, 15) is 0 Å². The van der Waals surface area contributed by atoms with Crippen LogP contribution in [0.4, 0.5) is 5.82 Å². The van der Waals surface area contributed by atoms with Crippen LogP contribution in [0.2, 0.25) is 0 Å². The maximum atomic E-state index is 6.07. The van der Waals surface area contributed by atoms with Crippen LogP contribution < -0.4 is 4.90 Å². The molecule has 2 rings (SSSR count). The Kier molecular flexibility index (Phi) is 4.95. The van der Waals surface area contributed by atoms with Gasteiger partial charge in [0, 0.05) is 30.1 Å². The molecule has 1 aliphatic carbocycles. The molecule has 0 saturated heterocycles. The van der Waals surface area contributed by atoms with Gasteiger partial charge in [-0.3, -0.25) is 0 Å². The number of aromatic nitrogens is 1. The highest BCUT2D eigenvalue weighted by Crippen LogP contribution is 2.29. The van der Waals surface area contributed by atoms with Crippen LogP contribution in [0.1, 0.15) is 64.1 Å². The lowest BCUT2D eigenvalue weighted by Gasteiger charge is -2.33. The molecule has 0 atom stereocenters. The maximum Gasteiger partial charge on any atom is 0.129 e. The van der Waals surface area contributed by atoms with E-state index in [-0.39, 0.29) is 5.41 Å². The predicted molar refractivity (Wildman–Crippen MR) is 87.8 cm³/mol. The van der Waals surface area contributed by atoms with Crippen molar-refractivity contribution >= 4 is 17.4 Å². The Bertz CT molecular complexity index is 445. The second kappa shape index (κ2) is 6.34. The Hall–Kier alpha value is -0.760. The highest BCUT2D eigenvalue weighted by atomic mass is 35.5. The van der Waals surface area contributed by atoms with Gasteiger partial charge in [-0.2, -0.15) is 0 Å². The van der Waals surface area contributed by atoms with Crippen molar-refractivity contribution in [3.63, 3.8) is 0 Å². The van der Waals surface area contributed by atoms with Gasteiger partial charge >= 0.3 is 0 Å². The number of hydrogen-bond acceptors (Lipinski definition) is 2. The first-order chi connectivity index (χ1) is 9.41. The Balaban J connectivity index is 2.29. The molecule has 1 aromatic rings. The monoisotopic (exact) mass is 294 g/mol. The quantitative estimate of drug-likeness (QED) is 0.738. The van der Waals surface area contributed by atoms with Crippen molar-refractivity contribution in [2.24, 2.45) is 0 Å². The summed E-state index contributed by atoms with van der Waals surface area (Å²) in [4.78, 5) is 7.26. The van der Waals surface area contributed by atoms with E-state index >= 15 is 0 Å². The number of alkyl halides is 1. The van der Waals surface area contributed by atoms with Crippen LogP contribution in [0, 0.1) is 0 Å². The standard InChI is InChI=1S/C17H27ClN2/c1-17(2,3)15-10-13(12-18)11-16(19-15)20(4)14-8-6-5-7-9-14/h10-11,14H,5-9,12H2,1-4H3. The zero-order chi connectivity index (χ0) is 14.8. The first-order valence-corrected chi connectivity index (χ1v) is 8.25. The van der Waals surface area contributed by atoms with Crippen molar-refractivity contribution in [3.05, 3.63) is 23.4 Å². The Morgan fingerprint density at radius 1 is 1.20 bits per heavy atom. The number of hydrogen-bond donors (Lipinski definition) is 0. The van der Waals surface area contributed by atoms with E-state index in [1.807, 2.05) is 0 Å². The fourth-order valence-electron chi connectivity index (χ4n) is 2.87. The second-order valence-electron chi connectivity index (χ2n) is 7.01. The van der Waals surface area contributed by atoms with Crippen LogP contribution in [-0.4, -0.2) is 18.1 Å². The van der Waals surface area contributed by atoms with Gasteiger partial charge in [-0.25, -0.2) is 4.98 Å². The molecule has 0 aromatic carbocycles. The molecule has 0 aliphatic heterocycles. The average Bonchev–Trinajstić information content (AvgIpc) is 2.46. The van der Waals surface area contributed by atoms with Gasteiger partial charge < -0.3 is 4.90 Å². The van der Waals surface area contributed by atoms with Crippen molar-refractivity contribution < 1.29 is 0 Å². The van der Waals surface area contributed by atoms with E-state index in [4.69, 9.17) is 16.6 Å². The fourth-order valence-corrected chi connectivity index (χ4v) is 3.02. The van der Waals surface area contributed by atoms with Crippen LogP contribution in [0.5, 0.6) is 0 Å². The summed E-state index contributed by atoms with van der Waals surface area (Å²) in [6.45, 7) is 6.62. The number of pyridine rings is 1. The average molecular weight is 295 g/mol. The molecule has 1 saturated carbocycles. The molecule has 1 fully saturated rings. The number of anilines is 1. The van der Waals surface area contributed by atoms with E-state index in [0.29, 0.717) is 11.9 Å². The Labute approximate surface area is 128 Å². The SMILES string of the molecule is CN(c1cc(CCl)cc(C(C)(C)C)n1)C1CCCCC1. The molecule has 1 aliphatic rings. The summed E-state index contributed by atoms with van der Waals surface area (Å²) in [5, 5.41) is 0. The highest BCUT2D eigenvalue weighted by Gasteiger charge is 2.22. The minimum atomic E-state index is 0.0597. The summed E-state index contributed by atoms with van der Waals surface area (Å²) in [7, 11) is 2.18. The first kappa shape index (κ1) is 15.6. The molecule has 0 radical (unpaired) electrons. The molecule has 20 heavy (non-hydrogen) atoms. The van der Waals surface area contributed by atoms with E-state index < -0.39 is 0 Å². The third-order valence-corrected chi connectivity index (χ3v) is 4.59. The third kappa shape index (κ3) is 3.66. The maximum absolute atomic E-state index is 6.07. The zero-order valence-electron chi connectivity index (χ0n) is 13.2. The van der Waals surface area contributed by atoms with Gasteiger partial charge in [-0.15, -0.1) is 11.6 Å². The molecule has 3 heteroatoms. The van der Waals surface area contributed by atoms with Gasteiger partial charge in [-0.1, -0.05) is 40.0 Å². The largest absolute Gasteiger partial charge is 0.357 e. The molecule has 1 heterocycles. The van der Waals surface area contributed by atoms with Gasteiger partial charge in [0.05, 0.1) is 0 Å². The molecular weight excluding hydrogens is 268 g/mol. The van der Waals surface area contributed by atoms with E-state index in [1.165, 1.54) is 37.7 Å². The zero-order valence-corrected chi connectivity index (χ0v) is 14.0. The minimum absolute atomic E-state index is 0.0597. The van der Waals surface area contributed by atoms with Gasteiger partial charge in [-0.05, 0) is 30.5 Å². The second-order valence-corrected chi connectivity index (χ2v) is 7.27. The fraction of sp³-hybridized carbons (Fsp3) is 0.706. The van der Waals surface area contributed by atoms with Crippen LogP contribution in [0.3, 0.4) is 0 Å². The Morgan fingerprint density at radius 2 is 1.85 bits per heavy atom. The normalized spacial score (nSPS) is 17.2. The summed E-state index contributed by atoms with van der Waals surface area (Å²) in [6.07, 6.45) is 6.64. The van der Waals surface area contributed by atoms with Gasteiger partial charge in [0.25, 0.3) is 0 Å². The van der Waals surface area contributed by atoms with Crippen molar-refractivity contribution in [2.45, 2.75) is 70.2 Å². The van der Waals surface area contributed by atoms with Gasteiger partial charge in [0.15, 0.2) is 0 Å². The molecule has 0 spiro atoms. The molecule has 2 nitrogen and oxygen atoms in total. The number of nitrogens with zero attached hydrogens (tertiary/aromatic N) is 2. The van der Waals surface area contributed by atoms with Crippen molar-refractivity contribution in [2.75, 3.05) is 11.9 Å². The van der Waals surface area contributed by atoms with Crippen molar-refractivity contribution in [1.29, 1.82) is 0 Å². The minimum Gasteiger partial charge on any atom is -0.357 e. The highest BCUT2D eigenvalue weighted by molar-refractivity contribution is 6.17. The summed E-state index contributed by atoms with van der Waals surface area (Å²) in [5.74, 6) is 1.64. The van der Waals surface area contributed by atoms with Crippen LogP contribution in [0.15, 0.2) is 12.1 Å².